The maximum atomic E-state index is 12.2. The average Bonchev–Trinajstić information content (AvgIpc) is 3.13. The van der Waals surface area contributed by atoms with Gasteiger partial charge in [0.15, 0.2) is 0 Å². The van der Waals surface area contributed by atoms with Gasteiger partial charge in [-0.05, 0) is 63.2 Å². The highest BCUT2D eigenvalue weighted by molar-refractivity contribution is 7.21. The molecule has 1 aromatic heterocycles. The van der Waals surface area contributed by atoms with E-state index in [9.17, 15) is 15.0 Å². The predicted molar refractivity (Wildman–Crippen MR) is 118 cm³/mol. The predicted octanol–water partition coefficient (Wildman–Crippen LogP) is 4.07. The zero-order valence-corrected chi connectivity index (χ0v) is 18.3. The summed E-state index contributed by atoms with van der Waals surface area (Å²) in [6, 6.07) is 13.0. The summed E-state index contributed by atoms with van der Waals surface area (Å²) in [6.45, 7) is 4.98. The first-order valence-corrected chi connectivity index (χ1v) is 10.4. The van der Waals surface area contributed by atoms with E-state index in [4.69, 9.17) is 9.47 Å². The second-order valence-corrected chi connectivity index (χ2v) is 8.87. The number of aromatic nitrogens is 1. The molecular formula is C22H26N2O5S. The van der Waals surface area contributed by atoms with Crippen molar-refractivity contribution in [2.75, 3.05) is 25.2 Å². The zero-order chi connectivity index (χ0) is 21.9. The van der Waals surface area contributed by atoms with Gasteiger partial charge in [0, 0.05) is 18.3 Å². The second kappa shape index (κ2) is 8.99. The number of aliphatic hydroxyl groups is 2. The maximum absolute atomic E-state index is 12.2. The standard InChI is InChI=1S/C22H26N2O5S/c1-22(2,3)29-21(27)24(4)15-7-5-14(6-8-15)20-23-18-10-9-16(11-19(18)30-20)28-17(12-25)13-26/h5-11,17,25-26H,12-13H2,1-4H3. The van der Waals surface area contributed by atoms with Crippen molar-refractivity contribution in [2.24, 2.45) is 0 Å². The molecule has 0 saturated carbocycles. The van der Waals surface area contributed by atoms with Crippen molar-refractivity contribution in [3.8, 4) is 16.3 Å². The molecule has 0 atom stereocenters. The Morgan fingerprint density at radius 2 is 1.80 bits per heavy atom. The minimum Gasteiger partial charge on any atom is -0.486 e. The van der Waals surface area contributed by atoms with Gasteiger partial charge in [-0.3, -0.25) is 4.90 Å². The fraction of sp³-hybridized carbons (Fsp3) is 0.364. The number of thiazole rings is 1. The lowest BCUT2D eigenvalue weighted by atomic mass is 10.2. The van der Waals surface area contributed by atoms with Gasteiger partial charge in [-0.25, -0.2) is 9.78 Å². The molecule has 0 aliphatic heterocycles. The Morgan fingerprint density at radius 3 is 2.40 bits per heavy atom. The molecule has 0 bridgehead atoms. The van der Waals surface area contributed by atoms with E-state index in [1.165, 1.54) is 16.2 Å². The number of hydrogen-bond donors (Lipinski definition) is 2. The summed E-state index contributed by atoms with van der Waals surface area (Å²) in [5.41, 5.74) is 1.94. The number of fused-ring (bicyclic) bond motifs is 1. The lowest BCUT2D eigenvalue weighted by Crippen LogP contribution is -2.34. The normalized spacial score (nSPS) is 11.7. The van der Waals surface area contributed by atoms with Crippen LogP contribution >= 0.6 is 11.3 Å². The van der Waals surface area contributed by atoms with Crippen molar-refractivity contribution >= 4 is 33.3 Å². The van der Waals surface area contributed by atoms with Gasteiger partial charge in [0.2, 0.25) is 0 Å². The van der Waals surface area contributed by atoms with Crippen molar-refractivity contribution in [1.29, 1.82) is 0 Å². The van der Waals surface area contributed by atoms with Crippen LogP contribution in [0.25, 0.3) is 20.8 Å². The SMILES string of the molecule is CN(C(=O)OC(C)(C)C)c1ccc(-c2nc3ccc(OC(CO)CO)cc3s2)cc1. The number of carbonyl (C=O) groups excluding carboxylic acids is 1. The first-order valence-electron chi connectivity index (χ1n) is 9.56. The maximum Gasteiger partial charge on any atom is 0.414 e. The summed E-state index contributed by atoms with van der Waals surface area (Å²) in [6.07, 6.45) is -1.06. The van der Waals surface area contributed by atoms with Crippen LogP contribution in [0.15, 0.2) is 42.5 Å². The second-order valence-electron chi connectivity index (χ2n) is 7.84. The molecule has 1 heterocycles. The summed E-state index contributed by atoms with van der Waals surface area (Å²) in [5.74, 6) is 0.570. The van der Waals surface area contributed by atoms with Gasteiger partial charge in [0.25, 0.3) is 0 Å². The van der Waals surface area contributed by atoms with E-state index >= 15 is 0 Å². The molecule has 2 aromatic carbocycles. The van der Waals surface area contributed by atoms with Crippen LogP contribution in [0.3, 0.4) is 0 Å². The quantitative estimate of drug-likeness (QED) is 0.613. The number of nitrogens with zero attached hydrogens (tertiary/aromatic N) is 2. The monoisotopic (exact) mass is 430 g/mol. The molecule has 160 valence electrons. The van der Waals surface area contributed by atoms with Crippen LogP contribution < -0.4 is 9.64 Å². The van der Waals surface area contributed by atoms with Crippen molar-refractivity contribution in [1.82, 2.24) is 4.98 Å². The summed E-state index contributed by atoms with van der Waals surface area (Å²) in [5, 5.41) is 19.2. The van der Waals surface area contributed by atoms with Gasteiger partial charge in [0.1, 0.15) is 22.5 Å². The number of benzene rings is 2. The van der Waals surface area contributed by atoms with E-state index in [0.29, 0.717) is 5.75 Å². The van der Waals surface area contributed by atoms with Crippen molar-refractivity contribution in [3.63, 3.8) is 0 Å². The Balaban J connectivity index is 1.78. The van der Waals surface area contributed by atoms with Crippen LogP contribution in [0.2, 0.25) is 0 Å². The molecule has 3 rings (SSSR count). The Kier molecular flexibility index (Phi) is 6.60. The Labute approximate surface area is 179 Å². The molecule has 1 amide bonds. The highest BCUT2D eigenvalue weighted by Gasteiger charge is 2.20. The number of carbonyl (C=O) groups is 1. The number of hydrogen-bond acceptors (Lipinski definition) is 7. The topological polar surface area (TPSA) is 92.1 Å². The van der Waals surface area contributed by atoms with Gasteiger partial charge in [-0.15, -0.1) is 11.3 Å². The molecular weight excluding hydrogens is 404 g/mol. The summed E-state index contributed by atoms with van der Waals surface area (Å²) in [4.78, 5) is 18.4. The van der Waals surface area contributed by atoms with Crippen molar-refractivity contribution < 1.29 is 24.5 Å². The van der Waals surface area contributed by atoms with Gasteiger partial charge in [0.05, 0.1) is 23.4 Å². The molecule has 8 heteroatoms. The first-order chi connectivity index (χ1) is 14.2. The molecule has 0 unspecified atom stereocenters. The summed E-state index contributed by atoms with van der Waals surface area (Å²) < 4.78 is 11.9. The minimum atomic E-state index is -0.649. The molecule has 0 saturated heterocycles. The van der Waals surface area contributed by atoms with Gasteiger partial charge in [-0.2, -0.15) is 0 Å². The van der Waals surface area contributed by atoms with E-state index in [0.717, 1.165) is 26.5 Å². The van der Waals surface area contributed by atoms with Gasteiger partial charge >= 0.3 is 6.09 Å². The fourth-order valence-corrected chi connectivity index (χ4v) is 3.69. The molecule has 7 nitrogen and oxygen atoms in total. The minimum absolute atomic E-state index is 0.257. The van der Waals surface area contributed by atoms with Crippen LogP contribution in [0.4, 0.5) is 10.5 Å². The summed E-state index contributed by atoms with van der Waals surface area (Å²) >= 11 is 1.51. The van der Waals surface area contributed by atoms with E-state index in [1.807, 2.05) is 57.2 Å². The third-order valence-corrected chi connectivity index (χ3v) is 5.31. The van der Waals surface area contributed by atoms with Crippen molar-refractivity contribution in [3.05, 3.63) is 42.5 Å². The smallest absolute Gasteiger partial charge is 0.414 e. The summed E-state index contributed by atoms with van der Waals surface area (Å²) in [7, 11) is 1.67. The molecule has 0 fully saturated rings. The molecule has 0 radical (unpaired) electrons. The largest absolute Gasteiger partial charge is 0.486 e. The van der Waals surface area contributed by atoms with Crippen molar-refractivity contribution in [2.45, 2.75) is 32.5 Å². The third-order valence-electron chi connectivity index (χ3n) is 4.24. The van der Waals surface area contributed by atoms with Crippen LogP contribution in [0.5, 0.6) is 5.75 Å². The molecule has 0 spiro atoms. The molecule has 0 aliphatic carbocycles. The lowest BCUT2D eigenvalue weighted by molar-refractivity contribution is 0.0589. The van der Waals surface area contributed by atoms with E-state index < -0.39 is 17.8 Å². The Morgan fingerprint density at radius 1 is 1.13 bits per heavy atom. The van der Waals surface area contributed by atoms with Gasteiger partial charge in [-0.1, -0.05) is 0 Å². The number of amides is 1. The molecule has 3 aromatic rings. The average molecular weight is 431 g/mol. The van der Waals surface area contributed by atoms with Crippen LogP contribution in [-0.4, -0.2) is 53.3 Å². The Bertz CT molecular complexity index is 1010. The number of ether oxygens (including phenoxy) is 2. The lowest BCUT2D eigenvalue weighted by Gasteiger charge is -2.24. The fourth-order valence-electron chi connectivity index (χ4n) is 2.69. The first kappa shape index (κ1) is 22.0. The van der Waals surface area contributed by atoms with Crippen LogP contribution in [0, 0.1) is 0 Å². The van der Waals surface area contributed by atoms with Crippen LogP contribution in [0.1, 0.15) is 20.8 Å². The zero-order valence-electron chi connectivity index (χ0n) is 17.5. The molecule has 2 N–H and O–H groups in total. The molecule has 0 aliphatic rings. The third kappa shape index (κ3) is 5.27. The highest BCUT2D eigenvalue weighted by Crippen LogP contribution is 2.33. The Hall–Kier alpha value is -2.68. The van der Waals surface area contributed by atoms with Crippen LogP contribution in [-0.2, 0) is 4.74 Å². The van der Waals surface area contributed by atoms with E-state index in [-0.39, 0.29) is 13.2 Å². The molecule has 30 heavy (non-hydrogen) atoms. The highest BCUT2D eigenvalue weighted by atomic mass is 32.1. The van der Waals surface area contributed by atoms with Gasteiger partial charge < -0.3 is 19.7 Å². The number of anilines is 1. The number of aliphatic hydroxyl groups excluding tert-OH is 2. The van der Waals surface area contributed by atoms with E-state index in [1.54, 1.807) is 13.1 Å². The van der Waals surface area contributed by atoms with E-state index in [2.05, 4.69) is 4.98 Å². The number of rotatable bonds is 6.